The number of hydrogen-bond donors (Lipinski definition) is 1. The molecular formula is C17H22N2O. The van der Waals surface area contributed by atoms with E-state index in [1.807, 2.05) is 19.1 Å². The van der Waals surface area contributed by atoms with Gasteiger partial charge in [-0.25, -0.2) is 0 Å². The molecule has 0 radical (unpaired) electrons. The monoisotopic (exact) mass is 270 g/mol. The van der Waals surface area contributed by atoms with E-state index in [4.69, 9.17) is 4.98 Å². The SMILES string of the molecule is CC1(O)CCCN(Cc2ccc3ccccc3n2)CC1. The summed E-state index contributed by atoms with van der Waals surface area (Å²) in [5.41, 5.74) is 1.68. The summed E-state index contributed by atoms with van der Waals surface area (Å²) >= 11 is 0. The minimum absolute atomic E-state index is 0.494. The van der Waals surface area contributed by atoms with Gasteiger partial charge < -0.3 is 5.11 Å². The number of pyridine rings is 1. The lowest BCUT2D eigenvalue weighted by atomic mass is 9.98. The van der Waals surface area contributed by atoms with Crippen LogP contribution in [0.1, 0.15) is 31.9 Å². The molecule has 1 fully saturated rings. The molecule has 0 amide bonds. The lowest BCUT2D eigenvalue weighted by Gasteiger charge is -2.22. The van der Waals surface area contributed by atoms with Crippen molar-refractivity contribution in [1.29, 1.82) is 0 Å². The molecule has 3 nitrogen and oxygen atoms in total. The zero-order valence-electron chi connectivity index (χ0n) is 12.0. The second kappa shape index (κ2) is 5.51. The Balaban J connectivity index is 1.72. The maximum atomic E-state index is 10.1. The Labute approximate surface area is 120 Å². The zero-order valence-corrected chi connectivity index (χ0v) is 12.0. The summed E-state index contributed by atoms with van der Waals surface area (Å²) in [5, 5.41) is 11.3. The molecule has 1 N–H and O–H groups in total. The molecule has 0 bridgehead atoms. The Kier molecular flexibility index (Phi) is 3.72. The first kappa shape index (κ1) is 13.5. The van der Waals surface area contributed by atoms with Gasteiger partial charge in [0.1, 0.15) is 0 Å². The predicted octanol–water partition coefficient (Wildman–Crippen LogP) is 2.97. The van der Waals surface area contributed by atoms with Gasteiger partial charge in [0.05, 0.1) is 16.8 Å². The van der Waals surface area contributed by atoms with Crippen molar-refractivity contribution in [2.75, 3.05) is 13.1 Å². The molecule has 1 saturated heterocycles. The van der Waals surface area contributed by atoms with Crippen LogP contribution in [0.2, 0.25) is 0 Å². The van der Waals surface area contributed by atoms with Gasteiger partial charge >= 0.3 is 0 Å². The molecule has 2 aromatic rings. The molecule has 0 aliphatic carbocycles. The van der Waals surface area contributed by atoms with Crippen molar-refractivity contribution in [2.45, 2.75) is 38.3 Å². The minimum atomic E-state index is -0.494. The maximum absolute atomic E-state index is 10.1. The van der Waals surface area contributed by atoms with E-state index < -0.39 is 5.60 Å². The number of likely N-dealkylation sites (tertiary alicyclic amines) is 1. The number of aromatic nitrogens is 1. The first-order chi connectivity index (χ1) is 9.62. The van der Waals surface area contributed by atoms with Gasteiger partial charge in [0.15, 0.2) is 0 Å². The highest BCUT2D eigenvalue weighted by Crippen LogP contribution is 2.22. The smallest absolute Gasteiger partial charge is 0.0705 e. The number of aliphatic hydroxyl groups is 1. The first-order valence-corrected chi connectivity index (χ1v) is 7.42. The Morgan fingerprint density at radius 2 is 2.00 bits per heavy atom. The summed E-state index contributed by atoms with van der Waals surface area (Å²) in [6, 6.07) is 12.5. The van der Waals surface area contributed by atoms with Crippen LogP contribution in [0.4, 0.5) is 0 Å². The van der Waals surface area contributed by atoms with E-state index in [1.165, 1.54) is 5.39 Å². The number of benzene rings is 1. The van der Waals surface area contributed by atoms with Gasteiger partial charge in [0.25, 0.3) is 0 Å². The Morgan fingerprint density at radius 1 is 1.15 bits per heavy atom. The van der Waals surface area contributed by atoms with Crippen molar-refractivity contribution in [3.05, 3.63) is 42.1 Å². The van der Waals surface area contributed by atoms with Crippen LogP contribution in [-0.2, 0) is 6.54 Å². The van der Waals surface area contributed by atoms with Crippen molar-refractivity contribution < 1.29 is 5.11 Å². The van der Waals surface area contributed by atoms with E-state index >= 15 is 0 Å². The lowest BCUT2D eigenvalue weighted by molar-refractivity contribution is 0.0444. The van der Waals surface area contributed by atoms with E-state index in [0.29, 0.717) is 0 Å². The largest absolute Gasteiger partial charge is 0.390 e. The highest BCUT2D eigenvalue weighted by Gasteiger charge is 2.24. The van der Waals surface area contributed by atoms with Gasteiger partial charge in [-0.3, -0.25) is 9.88 Å². The van der Waals surface area contributed by atoms with Crippen LogP contribution in [0.25, 0.3) is 10.9 Å². The molecule has 1 aliphatic rings. The third kappa shape index (κ3) is 3.17. The molecule has 106 valence electrons. The normalized spacial score (nSPS) is 24.7. The Hall–Kier alpha value is -1.45. The van der Waals surface area contributed by atoms with Gasteiger partial charge in [-0.05, 0) is 44.9 Å². The number of hydrogen-bond acceptors (Lipinski definition) is 3. The second-order valence-electron chi connectivity index (χ2n) is 6.12. The lowest BCUT2D eigenvalue weighted by Crippen LogP contribution is -2.28. The fraction of sp³-hybridized carbons (Fsp3) is 0.471. The molecule has 1 aliphatic heterocycles. The third-order valence-corrected chi connectivity index (χ3v) is 4.20. The van der Waals surface area contributed by atoms with E-state index in [-0.39, 0.29) is 0 Å². The second-order valence-corrected chi connectivity index (χ2v) is 6.12. The third-order valence-electron chi connectivity index (χ3n) is 4.20. The number of rotatable bonds is 2. The van der Waals surface area contributed by atoms with Crippen molar-refractivity contribution in [1.82, 2.24) is 9.88 Å². The summed E-state index contributed by atoms with van der Waals surface area (Å²) in [6.07, 6.45) is 2.80. The number of nitrogens with zero attached hydrogens (tertiary/aromatic N) is 2. The average molecular weight is 270 g/mol. The van der Waals surface area contributed by atoms with Crippen LogP contribution in [-0.4, -0.2) is 33.7 Å². The van der Waals surface area contributed by atoms with E-state index in [0.717, 1.165) is 50.1 Å². The van der Waals surface area contributed by atoms with Crippen molar-refractivity contribution in [3.63, 3.8) is 0 Å². The molecule has 20 heavy (non-hydrogen) atoms. The summed E-state index contributed by atoms with van der Waals surface area (Å²) < 4.78 is 0. The minimum Gasteiger partial charge on any atom is -0.390 e. The van der Waals surface area contributed by atoms with Crippen LogP contribution in [0.5, 0.6) is 0 Å². The van der Waals surface area contributed by atoms with Gasteiger partial charge in [-0.15, -0.1) is 0 Å². The summed E-state index contributed by atoms with van der Waals surface area (Å²) in [4.78, 5) is 7.13. The number of fused-ring (bicyclic) bond motifs is 1. The summed E-state index contributed by atoms with van der Waals surface area (Å²) in [7, 11) is 0. The highest BCUT2D eigenvalue weighted by molar-refractivity contribution is 5.78. The quantitative estimate of drug-likeness (QED) is 0.911. The van der Waals surface area contributed by atoms with E-state index in [9.17, 15) is 5.11 Å². The topological polar surface area (TPSA) is 36.4 Å². The Morgan fingerprint density at radius 3 is 2.90 bits per heavy atom. The van der Waals surface area contributed by atoms with Crippen LogP contribution in [0.15, 0.2) is 36.4 Å². The molecular weight excluding hydrogens is 248 g/mol. The van der Waals surface area contributed by atoms with Gasteiger partial charge in [-0.1, -0.05) is 24.3 Å². The highest BCUT2D eigenvalue weighted by atomic mass is 16.3. The summed E-state index contributed by atoms with van der Waals surface area (Å²) in [6.45, 7) is 4.82. The molecule has 3 heteroatoms. The van der Waals surface area contributed by atoms with Gasteiger partial charge in [0.2, 0.25) is 0 Å². The van der Waals surface area contributed by atoms with E-state index in [2.05, 4.69) is 29.2 Å². The molecule has 1 atom stereocenters. The van der Waals surface area contributed by atoms with Gasteiger partial charge in [-0.2, -0.15) is 0 Å². The van der Waals surface area contributed by atoms with Crippen molar-refractivity contribution in [3.8, 4) is 0 Å². The molecule has 0 saturated carbocycles. The van der Waals surface area contributed by atoms with Crippen LogP contribution in [0, 0.1) is 0 Å². The maximum Gasteiger partial charge on any atom is 0.0705 e. The number of para-hydroxylation sites is 1. The van der Waals surface area contributed by atoms with Crippen molar-refractivity contribution >= 4 is 10.9 Å². The molecule has 1 aromatic heterocycles. The summed E-state index contributed by atoms with van der Waals surface area (Å²) in [5.74, 6) is 0. The molecule has 1 unspecified atom stereocenters. The molecule has 1 aromatic carbocycles. The average Bonchev–Trinajstić information content (AvgIpc) is 2.60. The van der Waals surface area contributed by atoms with Gasteiger partial charge in [0, 0.05) is 18.5 Å². The van der Waals surface area contributed by atoms with Crippen LogP contribution < -0.4 is 0 Å². The molecule has 2 heterocycles. The standard InChI is InChI=1S/C17H22N2O/c1-17(20)9-4-11-19(12-10-17)13-15-8-7-14-5-2-3-6-16(14)18-15/h2-3,5-8,20H,4,9-13H2,1H3. The predicted molar refractivity (Wildman–Crippen MR) is 81.5 cm³/mol. The fourth-order valence-electron chi connectivity index (χ4n) is 2.90. The van der Waals surface area contributed by atoms with Crippen LogP contribution >= 0.6 is 0 Å². The molecule has 0 spiro atoms. The van der Waals surface area contributed by atoms with Crippen LogP contribution in [0.3, 0.4) is 0 Å². The van der Waals surface area contributed by atoms with E-state index in [1.54, 1.807) is 0 Å². The molecule has 3 rings (SSSR count). The Bertz CT molecular complexity index is 594. The fourth-order valence-corrected chi connectivity index (χ4v) is 2.90. The first-order valence-electron chi connectivity index (χ1n) is 7.42. The van der Waals surface area contributed by atoms with Crippen molar-refractivity contribution in [2.24, 2.45) is 0 Å². The zero-order chi connectivity index (χ0) is 14.0.